The van der Waals surface area contributed by atoms with E-state index in [0.29, 0.717) is 26.4 Å². The lowest BCUT2D eigenvalue weighted by molar-refractivity contribution is 0.103. The van der Waals surface area contributed by atoms with Crippen LogP contribution in [-0.2, 0) is 0 Å². The quantitative estimate of drug-likeness (QED) is 0.437. The SMILES string of the molecule is COc1nc(-c2ccc(Cl)c(Cl)c2)n(-c2ccc(NC(=O)c3cccs3)cc2)n1. The molecule has 146 valence electrons. The zero-order chi connectivity index (χ0) is 20.4. The number of nitrogens with one attached hydrogen (secondary N) is 1. The first-order valence-electron chi connectivity index (χ1n) is 8.47. The summed E-state index contributed by atoms with van der Waals surface area (Å²) >= 11 is 13.6. The van der Waals surface area contributed by atoms with Gasteiger partial charge in [-0.15, -0.1) is 16.4 Å². The molecule has 0 spiro atoms. The fraction of sp³-hybridized carbons (Fsp3) is 0.0500. The van der Waals surface area contributed by atoms with Crippen LogP contribution in [0.1, 0.15) is 9.67 Å². The van der Waals surface area contributed by atoms with E-state index in [-0.39, 0.29) is 11.9 Å². The molecule has 2 aromatic carbocycles. The van der Waals surface area contributed by atoms with Crippen molar-refractivity contribution in [3.8, 4) is 23.1 Å². The van der Waals surface area contributed by atoms with E-state index in [1.807, 2.05) is 29.6 Å². The molecule has 2 heterocycles. The Morgan fingerprint density at radius 1 is 1.10 bits per heavy atom. The molecule has 0 aliphatic heterocycles. The maximum absolute atomic E-state index is 12.2. The number of amides is 1. The van der Waals surface area contributed by atoms with Crippen LogP contribution < -0.4 is 10.1 Å². The third-order valence-corrected chi connectivity index (χ3v) is 5.67. The van der Waals surface area contributed by atoms with Crippen molar-refractivity contribution in [3.63, 3.8) is 0 Å². The molecule has 0 atom stereocenters. The lowest BCUT2D eigenvalue weighted by Gasteiger charge is -2.08. The minimum Gasteiger partial charge on any atom is -0.466 e. The Kier molecular flexibility index (Phi) is 5.53. The number of anilines is 1. The second-order valence-corrected chi connectivity index (χ2v) is 7.70. The molecule has 0 bridgehead atoms. The summed E-state index contributed by atoms with van der Waals surface area (Å²) in [6.45, 7) is 0. The van der Waals surface area contributed by atoms with Crippen molar-refractivity contribution in [1.82, 2.24) is 14.8 Å². The number of aromatic nitrogens is 3. The summed E-state index contributed by atoms with van der Waals surface area (Å²) in [6.07, 6.45) is 0. The second kappa shape index (κ2) is 8.24. The van der Waals surface area contributed by atoms with E-state index in [2.05, 4.69) is 15.4 Å². The molecule has 0 fully saturated rings. The minimum absolute atomic E-state index is 0.147. The molecule has 0 saturated carbocycles. The highest BCUT2D eigenvalue weighted by Gasteiger charge is 2.15. The highest BCUT2D eigenvalue weighted by atomic mass is 35.5. The van der Waals surface area contributed by atoms with E-state index in [0.717, 1.165) is 11.3 Å². The van der Waals surface area contributed by atoms with E-state index in [9.17, 15) is 4.79 Å². The summed E-state index contributed by atoms with van der Waals surface area (Å²) in [4.78, 5) is 17.3. The van der Waals surface area contributed by atoms with Gasteiger partial charge in [-0.3, -0.25) is 4.79 Å². The van der Waals surface area contributed by atoms with Crippen LogP contribution in [-0.4, -0.2) is 27.8 Å². The van der Waals surface area contributed by atoms with Gasteiger partial charge in [-0.1, -0.05) is 29.3 Å². The van der Waals surface area contributed by atoms with Crippen LogP contribution in [0.3, 0.4) is 0 Å². The Balaban J connectivity index is 1.65. The number of hydrogen-bond acceptors (Lipinski definition) is 5. The molecule has 0 radical (unpaired) electrons. The van der Waals surface area contributed by atoms with Crippen molar-refractivity contribution >= 4 is 46.1 Å². The lowest BCUT2D eigenvalue weighted by Crippen LogP contribution is -2.10. The molecular formula is C20H14Cl2N4O2S. The highest BCUT2D eigenvalue weighted by molar-refractivity contribution is 7.12. The molecule has 0 saturated heterocycles. The number of rotatable bonds is 5. The largest absolute Gasteiger partial charge is 0.466 e. The van der Waals surface area contributed by atoms with Gasteiger partial charge in [0.05, 0.1) is 27.7 Å². The smallest absolute Gasteiger partial charge is 0.336 e. The van der Waals surface area contributed by atoms with Gasteiger partial charge in [0.2, 0.25) is 0 Å². The fourth-order valence-electron chi connectivity index (χ4n) is 2.67. The van der Waals surface area contributed by atoms with Crippen LogP contribution in [0, 0.1) is 0 Å². The molecule has 4 aromatic rings. The second-order valence-electron chi connectivity index (χ2n) is 5.94. The molecule has 0 aliphatic carbocycles. The topological polar surface area (TPSA) is 69.0 Å². The van der Waals surface area contributed by atoms with Gasteiger partial charge >= 0.3 is 6.01 Å². The molecule has 0 unspecified atom stereocenters. The van der Waals surface area contributed by atoms with Crippen LogP contribution >= 0.6 is 34.5 Å². The molecule has 0 aliphatic rings. The lowest BCUT2D eigenvalue weighted by atomic mass is 10.2. The summed E-state index contributed by atoms with van der Waals surface area (Å²) in [5.74, 6) is 0.405. The average molecular weight is 445 g/mol. The van der Waals surface area contributed by atoms with Crippen molar-refractivity contribution in [2.45, 2.75) is 0 Å². The molecule has 6 nitrogen and oxygen atoms in total. The van der Waals surface area contributed by atoms with Gasteiger partial charge in [-0.25, -0.2) is 4.68 Å². The predicted molar refractivity (Wildman–Crippen MR) is 116 cm³/mol. The zero-order valence-corrected chi connectivity index (χ0v) is 17.4. The van der Waals surface area contributed by atoms with Crippen LogP contribution in [0.5, 0.6) is 6.01 Å². The number of halogens is 2. The van der Waals surface area contributed by atoms with Gasteiger partial charge in [-0.2, -0.15) is 4.98 Å². The van der Waals surface area contributed by atoms with E-state index < -0.39 is 0 Å². The minimum atomic E-state index is -0.147. The molecule has 1 amide bonds. The summed E-state index contributed by atoms with van der Waals surface area (Å²) < 4.78 is 6.83. The third kappa shape index (κ3) is 4.12. The number of benzene rings is 2. The van der Waals surface area contributed by atoms with Crippen molar-refractivity contribution in [3.05, 3.63) is 74.9 Å². The number of methoxy groups -OCH3 is 1. The van der Waals surface area contributed by atoms with Crippen LogP contribution in [0.4, 0.5) is 5.69 Å². The Hall–Kier alpha value is -2.87. The summed E-state index contributed by atoms with van der Waals surface area (Å²) in [6, 6.07) is 16.3. The summed E-state index contributed by atoms with van der Waals surface area (Å²) in [5, 5.41) is 9.99. The molecule has 29 heavy (non-hydrogen) atoms. The van der Waals surface area contributed by atoms with Crippen molar-refractivity contribution in [1.29, 1.82) is 0 Å². The first-order chi connectivity index (χ1) is 14.0. The fourth-order valence-corrected chi connectivity index (χ4v) is 3.59. The van der Waals surface area contributed by atoms with Gasteiger partial charge in [-0.05, 0) is 53.9 Å². The third-order valence-electron chi connectivity index (χ3n) is 4.06. The molecule has 9 heteroatoms. The molecule has 1 N–H and O–H groups in total. The normalized spacial score (nSPS) is 10.7. The van der Waals surface area contributed by atoms with E-state index in [4.69, 9.17) is 27.9 Å². The van der Waals surface area contributed by atoms with Gasteiger partial charge in [0.25, 0.3) is 5.91 Å². The van der Waals surface area contributed by atoms with Crippen LogP contribution in [0.15, 0.2) is 60.0 Å². The Bertz CT molecular complexity index is 1160. The first kappa shape index (κ1) is 19.4. The van der Waals surface area contributed by atoms with Gasteiger partial charge in [0.1, 0.15) is 0 Å². The monoisotopic (exact) mass is 444 g/mol. The highest BCUT2D eigenvalue weighted by Crippen LogP contribution is 2.30. The van der Waals surface area contributed by atoms with Crippen molar-refractivity contribution in [2.24, 2.45) is 0 Å². The number of thiophene rings is 1. The number of nitrogens with zero attached hydrogens (tertiary/aromatic N) is 3. The van der Waals surface area contributed by atoms with Gasteiger partial charge in [0.15, 0.2) is 5.82 Å². The zero-order valence-electron chi connectivity index (χ0n) is 15.1. The van der Waals surface area contributed by atoms with E-state index >= 15 is 0 Å². The van der Waals surface area contributed by atoms with Gasteiger partial charge < -0.3 is 10.1 Å². The van der Waals surface area contributed by atoms with Crippen molar-refractivity contribution < 1.29 is 9.53 Å². The number of carbonyl (C=O) groups excluding carboxylic acids is 1. The first-order valence-corrected chi connectivity index (χ1v) is 10.1. The Morgan fingerprint density at radius 3 is 2.55 bits per heavy atom. The van der Waals surface area contributed by atoms with Crippen LogP contribution in [0.25, 0.3) is 17.1 Å². The average Bonchev–Trinajstić information content (AvgIpc) is 3.41. The van der Waals surface area contributed by atoms with Crippen LogP contribution in [0.2, 0.25) is 10.0 Å². The Labute approximate surface area is 180 Å². The number of hydrogen-bond donors (Lipinski definition) is 1. The van der Waals surface area contributed by atoms with Crippen molar-refractivity contribution in [2.75, 3.05) is 12.4 Å². The summed E-state index contributed by atoms with van der Waals surface area (Å²) in [7, 11) is 1.50. The van der Waals surface area contributed by atoms with E-state index in [1.54, 1.807) is 35.0 Å². The summed E-state index contributed by atoms with van der Waals surface area (Å²) in [5.41, 5.74) is 2.16. The van der Waals surface area contributed by atoms with Gasteiger partial charge in [0, 0.05) is 11.3 Å². The maximum atomic E-state index is 12.2. The Morgan fingerprint density at radius 2 is 1.90 bits per heavy atom. The van der Waals surface area contributed by atoms with E-state index in [1.165, 1.54) is 18.4 Å². The standard InChI is InChI=1S/C20H14Cl2N4O2S/c1-28-20-24-18(12-4-9-15(21)16(22)11-12)26(25-20)14-7-5-13(6-8-14)23-19(27)17-3-2-10-29-17/h2-11H,1H3,(H,23,27). The number of ether oxygens (including phenoxy) is 1. The predicted octanol–water partition coefficient (Wildman–Crippen LogP) is 5.56. The maximum Gasteiger partial charge on any atom is 0.336 e. The molecule has 2 aromatic heterocycles. The number of carbonyl (C=O) groups is 1. The molecular weight excluding hydrogens is 431 g/mol. The molecule has 4 rings (SSSR count).